The van der Waals surface area contributed by atoms with Crippen LogP contribution in [0.2, 0.25) is 0 Å². The smallest absolute Gasteiger partial charge is 0.233 e. The topological polar surface area (TPSA) is 81.9 Å². The van der Waals surface area contributed by atoms with Crippen molar-refractivity contribution >= 4 is 17.7 Å². The van der Waals surface area contributed by atoms with Gasteiger partial charge in [0.05, 0.1) is 18.0 Å². The average Bonchev–Trinajstić information content (AvgIpc) is 2.93. The molecule has 2 rings (SSSR count). The van der Waals surface area contributed by atoms with Crippen LogP contribution in [0.5, 0.6) is 5.75 Å². The highest BCUT2D eigenvalue weighted by Crippen LogP contribution is 2.24. The quantitative estimate of drug-likeness (QED) is 0.842. The fourth-order valence-corrected chi connectivity index (χ4v) is 2.63. The Balaban J connectivity index is 2.13. The molecule has 1 N–H and O–H groups in total. The van der Waals surface area contributed by atoms with Gasteiger partial charge in [-0.15, -0.1) is 5.10 Å². The number of carbonyl (C=O) groups is 1. The van der Waals surface area contributed by atoms with Crippen LogP contribution in [0.15, 0.2) is 29.4 Å². The third-order valence-electron chi connectivity index (χ3n) is 2.91. The number of methoxy groups -OCH3 is 1. The molecule has 0 aliphatic carbocycles. The molecule has 0 saturated carbocycles. The van der Waals surface area contributed by atoms with Crippen LogP contribution < -0.4 is 10.1 Å². The molecule has 8 heteroatoms. The van der Waals surface area contributed by atoms with E-state index in [0.717, 1.165) is 11.4 Å². The van der Waals surface area contributed by atoms with Gasteiger partial charge in [0.25, 0.3) is 0 Å². The molecule has 1 aromatic heterocycles. The van der Waals surface area contributed by atoms with Crippen molar-refractivity contribution in [1.29, 1.82) is 0 Å². The highest BCUT2D eigenvalue weighted by molar-refractivity contribution is 8.00. The van der Waals surface area contributed by atoms with Crippen molar-refractivity contribution in [3.63, 3.8) is 0 Å². The molecule has 0 aliphatic rings. The summed E-state index contributed by atoms with van der Waals surface area (Å²) in [6, 6.07) is 7.39. The molecule has 0 bridgehead atoms. The van der Waals surface area contributed by atoms with Gasteiger partial charge in [-0.2, -0.15) is 4.68 Å². The monoisotopic (exact) mass is 335 g/mol. The van der Waals surface area contributed by atoms with E-state index in [0.29, 0.717) is 5.16 Å². The normalized spacial score (nSPS) is 12.7. The second kappa shape index (κ2) is 6.99. The number of benzene rings is 1. The number of carbonyl (C=O) groups excluding carboxylic acids is 1. The molecule has 1 aromatic carbocycles. The Morgan fingerprint density at radius 2 is 1.96 bits per heavy atom. The zero-order valence-corrected chi connectivity index (χ0v) is 14.7. The van der Waals surface area contributed by atoms with Gasteiger partial charge in [0.15, 0.2) is 0 Å². The fourth-order valence-electron chi connectivity index (χ4n) is 1.82. The van der Waals surface area contributed by atoms with Crippen LogP contribution in [0, 0.1) is 0 Å². The van der Waals surface area contributed by atoms with E-state index in [2.05, 4.69) is 20.8 Å². The van der Waals surface area contributed by atoms with E-state index in [1.54, 1.807) is 11.8 Å². The van der Waals surface area contributed by atoms with Gasteiger partial charge in [0.1, 0.15) is 5.75 Å². The number of nitrogens with zero attached hydrogens (tertiary/aromatic N) is 4. The third kappa shape index (κ3) is 4.69. The maximum Gasteiger partial charge on any atom is 0.233 e. The average molecular weight is 335 g/mol. The Hall–Kier alpha value is -2.09. The first-order valence-electron chi connectivity index (χ1n) is 7.21. The van der Waals surface area contributed by atoms with E-state index >= 15 is 0 Å². The molecule has 0 saturated heterocycles. The number of ether oxygens (including phenoxy) is 1. The van der Waals surface area contributed by atoms with Crippen LogP contribution >= 0.6 is 11.8 Å². The maximum atomic E-state index is 12.2. The van der Waals surface area contributed by atoms with E-state index in [4.69, 9.17) is 4.74 Å². The summed E-state index contributed by atoms with van der Waals surface area (Å²) in [5.41, 5.74) is 0.537. The van der Waals surface area contributed by atoms with E-state index in [1.165, 1.54) is 11.8 Å². The summed E-state index contributed by atoms with van der Waals surface area (Å²) < 4.78 is 6.74. The van der Waals surface area contributed by atoms with E-state index in [1.807, 2.05) is 52.0 Å². The van der Waals surface area contributed by atoms with Gasteiger partial charge in [0, 0.05) is 5.54 Å². The number of amides is 1. The highest BCUT2D eigenvalue weighted by Gasteiger charge is 2.22. The summed E-state index contributed by atoms with van der Waals surface area (Å²) in [6.45, 7) is 7.68. The second-order valence-electron chi connectivity index (χ2n) is 6.07. The van der Waals surface area contributed by atoms with Crippen molar-refractivity contribution in [2.24, 2.45) is 0 Å². The Labute approximate surface area is 139 Å². The summed E-state index contributed by atoms with van der Waals surface area (Å²) in [6.07, 6.45) is 0. The van der Waals surface area contributed by atoms with Crippen molar-refractivity contribution in [2.75, 3.05) is 7.11 Å². The van der Waals surface area contributed by atoms with E-state index in [-0.39, 0.29) is 16.7 Å². The predicted molar refractivity (Wildman–Crippen MR) is 88.9 cm³/mol. The molecular weight excluding hydrogens is 314 g/mol. The molecule has 0 spiro atoms. The molecule has 1 heterocycles. The summed E-state index contributed by atoms with van der Waals surface area (Å²) in [5, 5.41) is 14.9. The van der Waals surface area contributed by atoms with Gasteiger partial charge in [-0.1, -0.05) is 11.8 Å². The first-order chi connectivity index (χ1) is 10.8. The van der Waals surface area contributed by atoms with Crippen LogP contribution in [0.1, 0.15) is 27.7 Å². The lowest BCUT2D eigenvalue weighted by molar-refractivity contribution is -0.121. The van der Waals surface area contributed by atoms with Crippen molar-refractivity contribution < 1.29 is 9.53 Å². The summed E-state index contributed by atoms with van der Waals surface area (Å²) in [4.78, 5) is 12.2. The van der Waals surface area contributed by atoms with Gasteiger partial charge in [-0.3, -0.25) is 4.79 Å². The molecule has 1 atom stereocenters. The van der Waals surface area contributed by atoms with Crippen LogP contribution in [0.25, 0.3) is 5.69 Å². The summed E-state index contributed by atoms with van der Waals surface area (Å²) in [7, 11) is 1.61. The molecular formula is C15H21N5O2S. The fraction of sp³-hybridized carbons (Fsp3) is 0.467. The number of hydrogen-bond donors (Lipinski definition) is 1. The van der Waals surface area contributed by atoms with Crippen molar-refractivity contribution in [1.82, 2.24) is 25.5 Å². The van der Waals surface area contributed by atoms with Gasteiger partial charge in [-0.25, -0.2) is 0 Å². The molecule has 0 radical (unpaired) electrons. The largest absolute Gasteiger partial charge is 0.497 e. The minimum absolute atomic E-state index is 0.0493. The first-order valence-corrected chi connectivity index (χ1v) is 8.09. The maximum absolute atomic E-state index is 12.2. The first kappa shape index (κ1) is 17.3. The zero-order chi connectivity index (χ0) is 17.0. The van der Waals surface area contributed by atoms with E-state index in [9.17, 15) is 4.79 Å². The van der Waals surface area contributed by atoms with Crippen molar-refractivity contribution in [2.45, 2.75) is 43.6 Å². The lowest BCUT2D eigenvalue weighted by Gasteiger charge is -2.22. The minimum atomic E-state index is -0.308. The second-order valence-corrected chi connectivity index (χ2v) is 7.38. The SMILES string of the molecule is COc1ccc(-n2nnnc2SC(C)C(=O)NC(C)(C)C)cc1. The minimum Gasteiger partial charge on any atom is -0.497 e. The van der Waals surface area contributed by atoms with Crippen LogP contribution in [-0.4, -0.2) is 44.0 Å². The number of aromatic nitrogens is 4. The predicted octanol–water partition coefficient (Wildman–Crippen LogP) is 2.07. The zero-order valence-electron chi connectivity index (χ0n) is 13.9. The summed E-state index contributed by atoms with van der Waals surface area (Å²) in [5.74, 6) is 0.709. The molecule has 2 aromatic rings. The molecule has 7 nitrogen and oxygen atoms in total. The Morgan fingerprint density at radius 1 is 1.30 bits per heavy atom. The number of thioether (sulfide) groups is 1. The lowest BCUT2D eigenvalue weighted by atomic mass is 10.1. The molecule has 23 heavy (non-hydrogen) atoms. The Kier molecular flexibility index (Phi) is 5.25. The van der Waals surface area contributed by atoms with Gasteiger partial charge in [0.2, 0.25) is 11.1 Å². The standard InChI is InChI=1S/C15H21N5O2S/c1-10(13(21)16-15(2,3)4)23-14-17-18-19-20(14)11-6-8-12(22-5)9-7-11/h6-10H,1-5H3,(H,16,21). The number of hydrogen-bond acceptors (Lipinski definition) is 6. The van der Waals surface area contributed by atoms with Gasteiger partial charge >= 0.3 is 0 Å². The molecule has 1 amide bonds. The Morgan fingerprint density at radius 3 is 2.52 bits per heavy atom. The Bertz CT molecular complexity index is 663. The lowest BCUT2D eigenvalue weighted by Crippen LogP contribution is -2.44. The van der Waals surface area contributed by atoms with Crippen molar-refractivity contribution in [3.8, 4) is 11.4 Å². The molecule has 124 valence electrons. The van der Waals surface area contributed by atoms with Crippen LogP contribution in [0.4, 0.5) is 0 Å². The molecule has 0 fully saturated rings. The van der Waals surface area contributed by atoms with E-state index < -0.39 is 0 Å². The summed E-state index contributed by atoms with van der Waals surface area (Å²) >= 11 is 1.31. The highest BCUT2D eigenvalue weighted by atomic mass is 32.2. The third-order valence-corrected chi connectivity index (χ3v) is 3.94. The molecule has 0 aliphatic heterocycles. The van der Waals surface area contributed by atoms with Crippen LogP contribution in [-0.2, 0) is 4.79 Å². The number of nitrogens with one attached hydrogen (secondary N) is 1. The number of rotatable bonds is 5. The van der Waals surface area contributed by atoms with Gasteiger partial charge in [-0.05, 0) is 62.4 Å². The molecule has 1 unspecified atom stereocenters. The van der Waals surface area contributed by atoms with Gasteiger partial charge < -0.3 is 10.1 Å². The van der Waals surface area contributed by atoms with Crippen LogP contribution in [0.3, 0.4) is 0 Å². The number of tetrazole rings is 1. The van der Waals surface area contributed by atoms with Crippen molar-refractivity contribution in [3.05, 3.63) is 24.3 Å².